The summed E-state index contributed by atoms with van der Waals surface area (Å²) >= 11 is 0. The van der Waals surface area contributed by atoms with Crippen molar-refractivity contribution in [2.75, 3.05) is 13.7 Å². The molecule has 3 nitrogen and oxygen atoms in total. The SMILES string of the molecule is CCCCC(CC)COCc1ccc(C(=O)OC)cc1. The topological polar surface area (TPSA) is 35.5 Å². The van der Waals surface area contributed by atoms with Gasteiger partial charge in [-0.25, -0.2) is 4.79 Å². The second-order valence-electron chi connectivity index (χ2n) is 5.12. The lowest BCUT2D eigenvalue weighted by Gasteiger charge is -2.14. The van der Waals surface area contributed by atoms with Gasteiger partial charge in [-0.1, -0.05) is 45.2 Å². The van der Waals surface area contributed by atoms with Gasteiger partial charge < -0.3 is 9.47 Å². The molecule has 0 N–H and O–H groups in total. The monoisotopic (exact) mass is 278 g/mol. The van der Waals surface area contributed by atoms with E-state index in [9.17, 15) is 4.79 Å². The zero-order valence-electron chi connectivity index (χ0n) is 12.9. The van der Waals surface area contributed by atoms with Crippen LogP contribution < -0.4 is 0 Å². The van der Waals surface area contributed by atoms with E-state index in [1.54, 1.807) is 12.1 Å². The predicted octanol–water partition coefficient (Wildman–Crippen LogP) is 4.21. The Bertz CT molecular complexity index is 384. The minimum atomic E-state index is -0.303. The van der Waals surface area contributed by atoms with Crippen LogP contribution in [-0.4, -0.2) is 19.7 Å². The minimum Gasteiger partial charge on any atom is -0.465 e. The van der Waals surface area contributed by atoms with Crippen molar-refractivity contribution in [3.05, 3.63) is 35.4 Å². The number of carbonyl (C=O) groups excluding carboxylic acids is 1. The van der Waals surface area contributed by atoms with Crippen LogP contribution in [0, 0.1) is 5.92 Å². The van der Waals surface area contributed by atoms with Gasteiger partial charge in [-0.3, -0.25) is 0 Å². The minimum absolute atomic E-state index is 0.303. The molecule has 0 aromatic heterocycles. The number of unbranched alkanes of at least 4 members (excludes halogenated alkanes) is 1. The summed E-state index contributed by atoms with van der Waals surface area (Å²) in [7, 11) is 1.39. The third kappa shape index (κ3) is 5.74. The summed E-state index contributed by atoms with van der Waals surface area (Å²) in [6.45, 7) is 5.85. The number of ether oxygens (including phenoxy) is 2. The van der Waals surface area contributed by atoms with Crippen molar-refractivity contribution in [2.45, 2.75) is 46.1 Å². The lowest BCUT2D eigenvalue weighted by Crippen LogP contribution is -2.09. The predicted molar refractivity (Wildman–Crippen MR) is 80.7 cm³/mol. The van der Waals surface area contributed by atoms with Crippen molar-refractivity contribution >= 4 is 5.97 Å². The van der Waals surface area contributed by atoms with Crippen LogP contribution in [0.3, 0.4) is 0 Å². The van der Waals surface area contributed by atoms with Crippen molar-refractivity contribution < 1.29 is 14.3 Å². The molecule has 0 aliphatic carbocycles. The van der Waals surface area contributed by atoms with Gasteiger partial charge in [0.1, 0.15) is 0 Å². The first-order valence-electron chi connectivity index (χ1n) is 7.46. The average Bonchev–Trinajstić information content (AvgIpc) is 2.50. The fourth-order valence-corrected chi connectivity index (χ4v) is 2.10. The molecule has 112 valence electrons. The summed E-state index contributed by atoms with van der Waals surface area (Å²) in [5.41, 5.74) is 1.66. The normalized spacial score (nSPS) is 12.2. The highest BCUT2D eigenvalue weighted by Gasteiger charge is 2.07. The Hall–Kier alpha value is -1.35. The number of esters is 1. The molecule has 0 spiro atoms. The molecule has 1 atom stereocenters. The number of hydrogen-bond acceptors (Lipinski definition) is 3. The molecule has 0 saturated heterocycles. The molecule has 0 aliphatic rings. The summed E-state index contributed by atoms with van der Waals surface area (Å²) in [5, 5.41) is 0. The Morgan fingerprint density at radius 3 is 2.45 bits per heavy atom. The highest BCUT2D eigenvalue weighted by molar-refractivity contribution is 5.89. The molecular weight excluding hydrogens is 252 g/mol. The number of rotatable bonds is 9. The lowest BCUT2D eigenvalue weighted by molar-refractivity contribution is 0.0600. The molecule has 20 heavy (non-hydrogen) atoms. The second kappa shape index (κ2) is 9.54. The molecule has 0 aliphatic heterocycles. The van der Waals surface area contributed by atoms with E-state index in [0.717, 1.165) is 12.2 Å². The zero-order valence-corrected chi connectivity index (χ0v) is 12.9. The van der Waals surface area contributed by atoms with Crippen molar-refractivity contribution in [1.29, 1.82) is 0 Å². The summed E-state index contributed by atoms with van der Waals surface area (Å²) < 4.78 is 10.5. The molecular formula is C17H26O3. The summed E-state index contributed by atoms with van der Waals surface area (Å²) in [6.07, 6.45) is 4.93. The van der Waals surface area contributed by atoms with Crippen molar-refractivity contribution in [1.82, 2.24) is 0 Å². The van der Waals surface area contributed by atoms with Gasteiger partial charge >= 0.3 is 5.97 Å². The molecule has 1 unspecified atom stereocenters. The van der Waals surface area contributed by atoms with E-state index in [1.807, 2.05) is 12.1 Å². The molecule has 3 heteroatoms. The van der Waals surface area contributed by atoms with E-state index < -0.39 is 0 Å². The van der Waals surface area contributed by atoms with Crippen LogP contribution in [0.5, 0.6) is 0 Å². The maximum atomic E-state index is 11.3. The van der Waals surface area contributed by atoms with Gasteiger partial charge in [-0.2, -0.15) is 0 Å². The number of benzene rings is 1. The summed E-state index contributed by atoms with van der Waals surface area (Å²) in [5.74, 6) is 0.354. The largest absolute Gasteiger partial charge is 0.465 e. The van der Waals surface area contributed by atoms with Crippen LogP contribution in [-0.2, 0) is 16.1 Å². The van der Waals surface area contributed by atoms with Gasteiger partial charge in [0, 0.05) is 6.61 Å². The van der Waals surface area contributed by atoms with Gasteiger partial charge in [0.25, 0.3) is 0 Å². The van der Waals surface area contributed by atoms with Gasteiger partial charge in [-0.15, -0.1) is 0 Å². The smallest absolute Gasteiger partial charge is 0.337 e. The zero-order chi connectivity index (χ0) is 14.8. The first-order valence-corrected chi connectivity index (χ1v) is 7.46. The molecule has 0 bridgehead atoms. The molecule has 1 aromatic rings. The standard InChI is InChI=1S/C17H26O3/c1-4-6-7-14(5-2)12-20-13-15-8-10-16(11-9-15)17(18)19-3/h8-11,14H,4-7,12-13H2,1-3H3. The molecule has 1 aromatic carbocycles. The van der Waals surface area contributed by atoms with Crippen LogP contribution in [0.1, 0.15) is 55.5 Å². The quantitative estimate of drug-likeness (QED) is 0.635. The van der Waals surface area contributed by atoms with E-state index in [0.29, 0.717) is 18.1 Å². The van der Waals surface area contributed by atoms with Crippen molar-refractivity contribution in [3.8, 4) is 0 Å². The van der Waals surface area contributed by atoms with Crippen LogP contribution in [0.15, 0.2) is 24.3 Å². The lowest BCUT2D eigenvalue weighted by atomic mass is 10.0. The Kier molecular flexibility index (Phi) is 7.97. The third-order valence-corrected chi connectivity index (χ3v) is 3.54. The molecule has 0 amide bonds. The second-order valence-corrected chi connectivity index (χ2v) is 5.12. The summed E-state index contributed by atoms with van der Waals surface area (Å²) in [6, 6.07) is 7.39. The Morgan fingerprint density at radius 1 is 1.20 bits per heavy atom. The maximum Gasteiger partial charge on any atom is 0.337 e. The first-order chi connectivity index (χ1) is 9.71. The maximum absolute atomic E-state index is 11.3. The molecule has 0 heterocycles. The number of hydrogen-bond donors (Lipinski definition) is 0. The van der Waals surface area contributed by atoms with Gasteiger partial charge in [0.15, 0.2) is 0 Å². The molecule has 1 rings (SSSR count). The Labute approximate surface area is 122 Å². The third-order valence-electron chi connectivity index (χ3n) is 3.54. The van der Waals surface area contributed by atoms with Gasteiger partial charge in [0.05, 0.1) is 19.3 Å². The number of methoxy groups -OCH3 is 1. The molecule has 0 fully saturated rings. The van der Waals surface area contributed by atoms with Crippen LogP contribution in [0.2, 0.25) is 0 Å². The highest BCUT2D eigenvalue weighted by Crippen LogP contribution is 2.14. The Morgan fingerprint density at radius 2 is 1.90 bits per heavy atom. The fraction of sp³-hybridized carbons (Fsp3) is 0.588. The van der Waals surface area contributed by atoms with E-state index in [-0.39, 0.29) is 5.97 Å². The van der Waals surface area contributed by atoms with Crippen molar-refractivity contribution in [2.24, 2.45) is 5.92 Å². The van der Waals surface area contributed by atoms with E-state index >= 15 is 0 Å². The van der Waals surface area contributed by atoms with E-state index in [2.05, 4.69) is 18.6 Å². The molecule has 0 radical (unpaired) electrons. The van der Waals surface area contributed by atoms with E-state index in [1.165, 1.54) is 32.8 Å². The average molecular weight is 278 g/mol. The molecule has 0 saturated carbocycles. The van der Waals surface area contributed by atoms with E-state index in [4.69, 9.17) is 4.74 Å². The first kappa shape index (κ1) is 16.7. The van der Waals surface area contributed by atoms with Crippen LogP contribution in [0.4, 0.5) is 0 Å². The van der Waals surface area contributed by atoms with Crippen LogP contribution >= 0.6 is 0 Å². The van der Waals surface area contributed by atoms with Crippen LogP contribution in [0.25, 0.3) is 0 Å². The fourth-order valence-electron chi connectivity index (χ4n) is 2.10. The number of carbonyl (C=O) groups is 1. The Balaban J connectivity index is 2.36. The highest BCUT2D eigenvalue weighted by atomic mass is 16.5. The van der Waals surface area contributed by atoms with Gasteiger partial charge in [-0.05, 0) is 30.0 Å². The summed E-state index contributed by atoms with van der Waals surface area (Å²) in [4.78, 5) is 11.3. The van der Waals surface area contributed by atoms with Crippen molar-refractivity contribution in [3.63, 3.8) is 0 Å². The van der Waals surface area contributed by atoms with Gasteiger partial charge in [0.2, 0.25) is 0 Å².